The second-order valence-electron chi connectivity index (χ2n) is 4.70. The molecule has 0 aliphatic rings. The van der Waals surface area contributed by atoms with E-state index >= 15 is 0 Å². The van der Waals surface area contributed by atoms with Crippen LogP contribution in [0, 0.1) is 0 Å². The minimum Gasteiger partial charge on any atom is -0.478 e. The van der Waals surface area contributed by atoms with Crippen molar-refractivity contribution in [3.63, 3.8) is 0 Å². The zero-order valence-corrected chi connectivity index (χ0v) is 11.4. The summed E-state index contributed by atoms with van der Waals surface area (Å²) in [5.74, 6) is -1.37. The zero-order valence-electron chi connectivity index (χ0n) is 10.5. The number of rotatable bonds is 5. The smallest absolute Gasteiger partial charge is 0.337 e. The van der Waals surface area contributed by atoms with Gasteiger partial charge in [0.1, 0.15) is 0 Å². The third-order valence-corrected chi connectivity index (χ3v) is 3.66. The van der Waals surface area contributed by atoms with Crippen molar-refractivity contribution in [3.8, 4) is 0 Å². The summed E-state index contributed by atoms with van der Waals surface area (Å²) in [4.78, 5) is 10.6. The number of aromatic carboxylic acids is 1. The normalized spacial score (nSPS) is 12.4. The number of aliphatic hydroxyl groups is 1. The molecule has 8 heteroatoms. The first kappa shape index (κ1) is 15.4. The Labute approximate surface area is 111 Å². The predicted octanol–water partition coefficient (Wildman–Crippen LogP) is 0.0162. The van der Waals surface area contributed by atoms with Crippen molar-refractivity contribution in [1.29, 1.82) is 0 Å². The minimum atomic E-state index is -4.06. The number of nitrogens with two attached hydrogens (primary N) is 1. The molecule has 0 aliphatic heterocycles. The van der Waals surface area contributed by atoms with E-state index in [1.807, 2.05) is 0 Å². The molecule has 19 heavy (non-hydrogen) atoms. The van der Waals surface area contributed by atoms with E-state index in [0.717, 1.165) is 12.1 Å². The Kier molecular flexibility index (Phi) is 4.18. The molecule has 0 saturated heterocycles. The number of nitrogen functional groups attached to an aromatic ring is 1. The van der Waals surface area contributed by atoms with E-state index in [4.69, 9.17) is 10.8 Å². The molecule has 0 aromatic heterocycles. The van der Waals surface area contributed by atoms with Gasteiger partial charge in [0.25, 0.3) is 0 Å². The van der Waals surface area contributed by atoms with E-state index in [-0.39, 0.29) is 17.8 Å². The number of hydrogen-bond acceptors (Lipinski definition) is 5. The maximum atomic E-state index is 12.0. The van der Waals surface area contributed by atoms with Crippen molar-refractivity contribution in [2.45, 2.75) is 24.3 Å². The molecule has 1 aromatic rings. The lowest BCUT2D eigenvalue weighted by atomic mass is 10.1. The number of nitrogens with one attached hydrogen (secondary N) is 1. The highest BCUT2D eigenvalue weighted by molar-refractivity contribution is 7.89. The topological polar surface area (TPSA) is 130 Å². The van der Waals surface area contributed by atoms with Gasteiger partial charge in [0.2, 0.25) is 10.0 Å². The standard InChI is InChI=1S/C11H16N2O5S/c1-11(2,16)6-13-19(17,18)9-5-7(12)3-4-8(9)10(14)15/h3-5,13,16H,6,12H2,1-2H3,(H,14,15). The maximum absolute atomic E-state index is 12.0. The van der Waals surface area contributed by atoms with Crippen LogP contribution in [0.3, 0.4) is 0 Å². The fourth-order valence-electron chi connectivity index (χ4n) is 1.29. The Bertz CT molecular complexity index is 590. The van der Waals surface area contributed by atoms with Gasteiger partial charge in [-0.1, -0.05) is 0 Å². The molecule has 1 rings (SSSR count). The Morgan fingerprint density at radius 1 is 1.42 bits per heavy atom. The van der Waals surface area contributed by atoms with Gasteiger partial charge in [-0.3, -0.25) is 0 Å². The monoisotopic (exact) mass is 288 g/mol. The van der Waals surface area contributed by atoms with Crippen LogP contribution in [-0.4, -0.2) is 36.7 Å². The molecule has 7 nitrogen and oxygen atoms in total. The van der Waals surface area contributed by atoms with Gasteiger partial charge in [-0.25, -0.2) is 17.9 Å². The molecule has 0 bridgehead atoms. The van der Waals surface area contributed by atoms with Crippen molar-refractivity contribution < 1.29 is 23.4 Å². The van der Waals surface area contributed by atoms with Crippen LogP contribution in [0.25, 0.3) is 0 Å². The van der Waals surface area contributed by atoms with Crippen molar-refractivity contribution in [2.75, 3.05) is 12.3 Å². The van der Waals surface area contributed by atoms with E-state index in [2.05, 4.69) is 4.72 Å². The maximum Gasteiger partial charge on any atom is 0.337 e. The van der Waals surface area contributed by atoms with E-state index in [1.54, 1.807) is 0 Å². The quantitative estimate of drug-likeness (QED) is 0.565. The van der Waals surface area contributed by atoms with Gasteiger partial charge < -0.3 is 15.9 Å². The third-order valence-electron chi connectivity index (χ3n) is 2.22. The second kappa shape index (κ2) is 5.16. The van der Waals surface area contributed by atoms with Crippen molar-refractivity contribution >= 4 is 21.7 Å². The molecule has 1 aromatic carbocycles. The van der Waals surface area contributed by atoms with Crippen molar-refractivity contribution in [3.05, 3.63) is 23.8 Å². The van der Waals surface area contributed by atoms with Crippen molar-refractivity contribution in [1.82, 2.24) is 4.72 Å². The average Bonchev–Trinajstić information content (AvgIpc) is 2.25. The molecule has 0 radical (unpaired) electrons. The third kappa shape index (κ3) is 4.19. The fraction of sp³-hybridized carbons (Fsp3) is 0.364. The number of carboxylic acids is 1. The SMILES string of the molecule is CC(C)(O)CNS(=O)(=O)c1cc(N)ccc1C(=O)O. The molecule has 0 atom stereocenters. The summed E-state index contributed by atoms with van der Waals surface area (Å²) < 4.78 is 26.2. The first-order chi connectivity index (χ1) is 8.53. The van der Waals surface area contributed by atoms with Crippen LogP contribution in [0.2, 0.25) is 0 Å². The highest BCUT2D eigenvalue weighted by Crippen LogP contribution is 2.19. The Hall–Kier alpha value is -1.64. The van der Waals surface area contributed by atoms with Crippen molar-refractivity contribution in [2.24, 2.45) is 0 Å². The molecule has 0 amide bonds. The highest BCUT2D eigenvalue weighted by atomic mass is 32.2. The Balaban J connectivity index is 3.21. The predicted molar refractivity (Wildman–Crippen MR) is 69.3 cm³/mol. The molecular weight excluding hydrogens is 272 g/mol. The number of carboxylic acid groups (broad SMARTS) is 1. The number of hydrogen-bond donors (Lipinski definition) is 4. The van der Waals surface area contributed by atoms with Crippen LogP contribution in [-0.2, 0) is 10.0 Å². The van der Waals surface area contributed by atoms with Gasteiger partial charge in [0.15, 0.2) is 0 Å². The van der Waals surface area contributed by atoms with E-state index < -0.39 is 26.5 Å². The van der Waals surface area contributed by atoms with Gasteiger partial charge in [0.05, 0.1) is 16.1 Å². The Morgan fingerprint density at radius 2 is 2.00 bits per heavy atom. The summed E-state index contributed by atoms with van der Waals surface area (Å²) in [7, 11) is -4.06. The summed E-state index contributed by atoms with van der Waals surface area (Å²) in [6.07, 6.45) is 0. The van der Waals surface area contributed by atoms with Crippen LogP contribution in [0.1, 0.15) is 24.2 Å². The molecule has 0 fully saturated rings. The lowest BCUT2D eigenvalue weighted by Crippen LogP contribution is -2.38. The van der Waals surface area contributed by atoms with E-state index in [1.165, 1.54) is 19.9 Å². The molecule has 0 spiro atoms. The van der Waals surface area contributed by atoms with Gasteiger partial charge in [0, 0.05) is 12.2 Å². The first-order valence-electron chi connectivity index (χ1n) is 5.38. The van der Waals surface area contributed by atoms with E-state index in [0.29, 0.717) is 0 Å². The van der Waals surface area contributed by atoms with Crippen LogP contribution < -0.4 is 10.5 Å². The number of sulfonamides is 1. The molecule has 0 unspecified atom stereocenters. The second-order valence-corrected chi connectivity index (χ2v) is 6.43. The first-order valence-corrected chi connectivity index (χ1v) is 6.86. The summed E-state index contributed by atoms with van der Waals surface area (Å²) in [6.45, 7) is 2.60. The van der Waals surface area contributed by atoms with E-state index in [9.17, 15) is 18.3 Å². The molecular formula is C11H16N2O5S. The highest BCUT2D eigenvalue weighted by Gasteiger charge is 2.24. The zero-order chi connectivity index (χ0) is 14.8. The lowest BCUT2D eigenvalue weighted by molar-refractivity contribution is 0.0692. The summed E-state index contributed by atoms with van der Waals surface area (Å²) >= 11 is 0. The molecule has 0 heterocycles. The van der Waals surface area contributed by atoms with Gasteiger partial charge in [-0.05, 0) is 32.0 Å². The number of anilines is 1. The van der Waals surface area contributed by atoms with Crippen LogP contribution in [0.5, 0.6) is 0 Å². The summed E-state index contributed by atoms with van der Waals surface area (Å²) in [5, 5.41) is 18.5. The van der Waals surface area contributed by atoms with Crippen LogP contribution >= 0.6 is 0 Å². The van der Waals surface area contributed by atoms with Gasteiger partial charge in [-0.2, -0.15) is 0 Å². The van der Waals surface area contributed by atoms with Crippen LogP contribution in [0.4, 0.5) is 5.69 Å². The summed E-state index contributed by atoms with van der Waals surface area (Å²) in [5.41, 5.74) is 3.97. The van der Waals surface area contributed by atoms with Crippen LogP contribution in [0.15, 0.2) is 23.1 Å². The minimum absolute atomic E-state index is 0.133. The van der Waals surface area contributed by atoms with Gasteiger partial charge in [-0.15, -0.1) is 0 Å². The Morgan fingerprint density at radius 3 is 2.47 bits per heavy atom. The molecule has 0 aliphatic carbocycles. The fourth-order valence-corrected chi connectivity index (χ4v) is 2.72. The summed E-state index contributed by atoms with van der Waals surface area (Å²) in [6, 6.07) is 3.49. The molecule has 106 valence electrons. The average molecular weight is 288 g/mol. The molecule has 5 N–H and O–H groups in total. The van der Waals surface area contributed by atoms with Gasteiger partial charge >= 0.3 is 5.97 Å². The lowest BCUT2D eigenvalue weighted by Gasteiger charge is -2.18. The number of carbonyl (C=O) groups is 1. The largest absolute Gasteiger partial charge is 0.478 e. The molecule has 0 saturated carbocycles. The number of benzene rings is 1.